The van der Waals surface area contributed by atoms with E-state index in [-0.39, 0.29) is 6.03 Å². The Morgan fingerprint density at radius 3 is 2.74 bits per heavy atom. The molecule has 0 radical (unpaired) electrons. The first-order valence-corrected chi connectivity index (χ1v) is 9.47. The van der Waals surface area contributed by atoms with Crippen molar-refractivity contribution in [2.24, 2.45) is 5.92 Å². The van der Waals surface area contributed by atoms with Crippen molar-refractivity contribution in [1.29, 1.82) is 0 Å². The molecule has 2 aromatic rings. The molecule has 0 aliphatic heterocycles. The summed E-state index contributed by atoms with van der Waals surface area (Å²) in [7, 11) is 3.46. The van der Waals surface area contributed by atoms with Crippen LogP contribution in [-0.2, 0) is 5.54 Å². The summed E-state index contributed by atoms with van der Waals surface area (Å²) in [6.45, 7) is 4.74. The third-order valence-electron chi connectivity index (χ3n) is 5.58. The highest BCUT2D eigenvalue weighted by atomic mass is 16.5. The van der Waals surface area contributed by atoms with Crippen LogP contribution in [0.3, 0.4) is 0 Å². The van der Waals surface area contributed by atoms with Gasteiger partial charge in [0.05, 0.1) is 7.11 Å². The molecule has 27 heavy (non-hydrogen) atoms. The Kier molecular flexibility index (Phi) is 5.62. The van der Waals surface area contributed by atoms with Crippen LogP contribution >= 0.6 is 0 Å². The Hall–Kier alpha value is -2.64. The third kappa shape index (κ3) is 3.48. The smallest absolute Gasteiger partial charge is 0.317 e. The van der Waals surface area contributed by atoms with E-state index in [0.717, 1.165) is 31.4 Å². The monoisotopic (exact) mass is 372 g/mol. The van der Waals surface area contributed by atoms with Crippen LogP contribution in [0.15, 0.2) is 24.3 Å². The van der Waals surface area contributed by atoms with Gasteiger partial charge in [-0.05, 0) is 61.1 Å². The predicted octanol–water partition coefficient (Wildman–Crippen LogP) is 2.74. The Morgan fingerprint density at radius 1 is 1.37 bits per heavy atom. The second kappa shape index (κ2) is 7.94. The zero-order chi connectivity index (χ0) is 19.4. The molecule has 0 saturated heterocycles. The van der Waals surface area contributed by atoms with Crippen LogP contribution in [0.4, 0.5) is 4.79 Å². The van der Waals surface area contributed by atoms with E-state index in [9.17, 15) is 4.79 Å². The molecule has 1 N–H and O–H groups in total. The number of para-hydroxylation sites is 2. The lowest BCUT2D eigenvalue weighted by atomic mass is 9.75. The summed E-state index contributed by atoms with van der Waals surface area (Å²) in [4.78, 5) is 14.5. The van der Waals surface area contributed by atoms with Crippen LogP contribution < -0.4 is 10.1 Å². The maximum Gasteiger partial charge on any atom is 0.317 e. The van der Waals surface area contributed by atoms with Gasteiger partial charge in [-0.25, -0.2) is 4.79 Å². The van der Waals surface area contributed by atoms with Crippen molar-refractivity contribution in [3.8, 4) is 11.4 Å². The normalized spacial score (nSPS) is 22.3. The summed E-state index contributed by atoms with van der Waals surface area (Å²) in [6, 6.07) is 7.52. The lowest BCUT2D eigenvalue weighted by Crippen LogP contribution is -2.53. The first kappa shape index (κ1) is 19.1. The van der Waals surface area contributed by atoms with Gasteiger partial charge in [-0.2, -0.15) is 4.68 Å². The minimum atomic E-state index is -0.559. The van der Waals surface area contributed by atoms with Gasteiger partial charge in [-0.3, -0.25) is 0 Å². The Labute approximate surface area is 159 Å². The summed E-state index contributed by atoms with van der Waals surface area (Å²) in [5, 5.41) is 15.5. The number of benzene rings is 1. The molecule has 1 aromatic heterocycles. The number of methoxy groups -OCH3 is 1. The largest absolute Gasteiger partial charge is 0.494 e. The predicted molar refractivity (Wildman–Crippen MR) is 102 cm³/mol. The highest BCUT2D eigenvalue weighted by Crippen LogP contribution is 2.43. The first-order valence-electron chi connectivity index (χ1n) is 9.47. The van der Waals surface area contributed by atoms with E-state index in [4.69, 9.17) is 4.74 Å². The number of amides is 2. The number of rotatable bonds is 5. The fourth-order valence-corrected chi connectivity index (χ4v) is 3.86. The van der Waals surface area contributed by atoms with Gasteiger partial charge >= 0.3 is 6.03 Å². The molecule has 0 bridgehead atoms. The van der Waals surface area contributed by atoms with Crippen molar-refractivity contribution in [1.82, 2.24) is 30.4 Å². The lowest BCUT2D eigenvalue weighted by Gasteiger charge is -2.44. The summed E-state index contributed by atoms with van der Waals surface area (Å²) >= 11 is 0. The molecule has 0 unspecified atom stereocenters. The molecule has 3 rings (SSSR count). The SMILES string of the molecule is CCNC(=O)N(C)C1(c2nnnn2-c2ccccc2OC)CCC(C)CC1. The van der Waals surface area contributed by atoms with Gasteiger partial charge in [0.2, 0.25) is 0 Å². The van der Waals surface area contributed by atoms with Gasteiger partial charge in [-0.15, -0.1) is 5.10 Å². The van der Waals surface area contributed by atoms with Crippen LogP contribution in [0.25, 0.3) is 5.69 Å². The van der Waals surface area contributed by atoms with Crippen LogP contribution in [-0.4, -0.2) is 51.8 Å². The summed E-state index contributed by atoms with van der Waals surface area (Å²) in [6.07, 6.45) is 3.67. The van der Waals surface area contributed by atoms with Gasteiger partial charge in [-0.1, -0.05) is 19.1 Å². The number of ether oxygens (including phenoxy) is 1. The first-order chi connectivity index (χ1) is 13.0. The number of hydrogen-bond donors (Lipinski definition) is 1. The molecule has 1 aliphatic rings. The topological polar surface area (TPSA) is 85.2 Å². The molecule has 1 heterocycles. The van der Waals surface area contributed by atoms with Crippen molar-refractivity contribution in [2.75, 3.05) is 20.7 Å². The van der Waals surface area contributed by atoms with E-state index >= 15 is 0 Å². The molecule has 1 aliphatic carbocycles. The number of urea groups is 1. The maximum absolute atomic E-state index is 12.7. The fourth-order valence-electron chi connectivity index (χ4n) is 3.86. The number of carbonyl (C=O) groups is 1. The van der Waals surface area contributed by atoms with Crippen molar-refractivity contribution in [3.63, 3.8) is 0 Å². The molecule has 8 nitrogen and oxygen atoms in total. The zero-order valence-corrected chi connectivity index (χ0v) is 16.5. The molecule has 2 amide bonds. The number of nitrogens with one attached hydrogen (secondary N) is 1. The molecule has 1 aromatic carbocycles. The lowest BCUT2D eigenvalue weighted by molar-refractivity contribution is 0.0725. The second-order valence-electron chi connectivity index (χ2n) is 7.19. The van der Waals surface area contributed by atoms with Crippen LogP contribution in [0.2, 0.25) is 0 Å². The molecular weight excluding hydrogens is 344 g/mol. The minimum Gasteiger partial charge on any atom is -0.494 e. The quantitative estimate of drug-likeness (QED) is 0.872. The summed E-state index contributed by atoms with van der Waals surface area (Å²) in [5.41, 5.74) is 0.207. The second-order valence-corrected chi connectivity index (χ2v) is 7.19. The van der Waals surface area contributed by atoms with Crippen LogP contribution in [0, 0.1) is 5.92 Å². The van der Waals surface area contributed by atoms with Gasteiger partial charge in [0.1, 0.15) is 17.0 Å². The zero-order valence-electron chi connectivity index (χ0n) is 16.5. The van der Waals surface area contributed by atoms with E-state index < -0.39 is 5.54 Å². The standard InChI is InChI=1S/C19H28N6O2/c1-5-20-18(26)24(3)19(12-10-14(2)11-13-19)17-21-22-23-25(17)15-8-6-7-9-16(15)27-4/h6-9,14H,5,10-13H2,1-4H3,(H,20,26). The van der Waals surface area contributed by atoms with Crippen LogP contribution in [0.1, 0.15) is 45.4 Å². The third-order valence-corrected chi connectivity index (χ3v) is 5.58. The van der Waals surface area contributed by atoms with E-state index in [1.54, 1.807) is 16.7 Å². The van der Waals surface area contributed by atoms with Crippen molar-refractivity contribution in [3.05, 3.63) is 30.1 Å². The molecule has 8 heteroatoms. The summed E-state index contributed by atoms with van der Waals surface area (Å²) < 4.78 is 7.21. The number of tetrazole rings is 1. The minimum absolute atomic E-state index is 0.110. The van der Waals surface area contributed by atoms with Gasteiger partial charge in [0.15, 0.2) is 5.82 Å². The molecule has 1 fully saturated rings. The van der Waals surface area contributed by atoms with Gasteiger partial charge in [0, 0.05) is 13.6 Å². The van der Waals surface area contributed by atoms with Crippen molar-refractivity contribution in [2.45, 2.75) is 45.1 Å². The fraction of sp³-hybridized carbons (Fsp3) is 0.579. The van der Waals surface area contributed by atoms with E-state index in [1.165, 1.54) is 0 Å². The molecular formula is C19H28N6O2. The van der Waals surface area contributed by atoms with Crippen molar-refractivity contribution < 1.29 is 9.53 Å². The maximum atomic E-state index is 12.7. The highest BCUT2D eigenvalue weighted by Gasteiger charge is 2.46. The molecule has 0 spiro atoms. The Morgan fingerprint density at radius 2 is 2.07 bits per heavy atom. The molecule has 146 valence electrons. The van der Waals surface area contributed by atoms with Gasteiger partial charge < -0.3 is 15.0 Å². The van der Waals surface area contributed by atoms with Gasteiger partial charge in [0.25, 0.3) is 0 Å². The number of carbonyl (C=O) groups excluding carboxylic acids is 1. The number of hydrogen-bond acceptors (Lipinski definition) is 5. The number of nitrogens with zero attached hydrogens (tertiary/aromatic N) is 5. The average Bonchev–Trinajstić information content (AvgIpc) is 3.18. The summed E-state index contributed by atoms with van der Waals surface area (Å²) in [5.74, 6) is 1.98. The Balaban J connectivity index is 2.09. The molecule has 1 saturated carbocycles. The average molecular weight is 372 g/mol. The van der Waals surface area contributed by atoms with E-state index in [1.807, 2.05) is 38.2 Å². The van der Waals surface area contributed by atoms with E-state index in [2.05, 4.69) is 27.8 Å². The number of aromatic nitrogens is 4. The van der Waals surface area contributed by atoms with E-state index in [0.29, 0.717) is 24.0 Å². The molecule has 0 atom stereocenters. The van der Waals surface area contributed by atoms with Crippen molar-refractivity contribution >= 4 is 6.03 Å². The Bertz CT molecular complexity index is 782. The highest BCUT2D eigenvalue weighted by molar-refractivity contribution is 5.75. The van der Waals surface area contributed by atoms with Crippen LogP contribution in [0.5, 0.6) is 5.75 Å².